The van der Waals surface area contributed by atoms with E-state index in [0.29, 0.717) is 31.1 Å². The van der Waals surface area contributed by atoms with Gasteiger partial charge in [0, 0.05) is 9.90 Å². The minimum Gasteiger partial charge on any atom is -0.323 e. The van der Waals surface area contributed by atoms with Crippen molar-refractivity contribution in [2.45, 2.75) is 31.5 Å². The number of carbonyl (C=O) groups excluding carboxylic acids is 1. The Bertz CT molecular complexity index is 1080. The molecule has 3 rings (SSSR count). The average Bonchev–Trinajstić information content (AvgIpc) is 3.07. The highest BCUT2D eigenvalue weighted by molar-refractivity contribution is 7.98. The third kappa shape index (κ3) is 4.01. The van der Waals surface area contributed by atoms with Crippen LogP contribution in [-0.4, -0.2) is 21.7 Å². The molecule has 1 amide bonds. The van der Waals surface area contributed by atoms with Gasteiger partial charge in [0.05, 0.1) is 16.1 Å². The molecule has 27 heavy (non-hydrogen) atoms. The van der Waals surface area contributed by atoms with Gasteiger partial charge in [0.2, 0.25) is 5.91 Å². The van der Waals surface area contributed by atoms with Gasteiger partial charge in [0.25, 0.3) is 5.56 Å². The molecule has 2 aromatic heterocycles. The van der Waals surface area contributed by atoms with E-state index in [0.717, 1.165) is 11.3 Å². The van der Waals surface area contributed by atoms with Crippen molar-refractivity contribution in [3.63, 3.8) is 0 Å². The summed E-state index contributed by atoms with van der Waals surface area (Å²) >= 11 is 14.9. The summed E-state index contributed by atoms with van der Waals surface area (Å²) in [6.07, 6.45) is 2.66. The van der Waals surface area contributed by atoms with E-state index in [-0.39, 0.29) is 11.5 Å². The molecule has 2 heterocycles. The number of benzene rings is 1. The first-order valence-corrected chi connectivity index (χ1v) is 11.0. The van der Waals surface area contributed by atoms with Crippen molar-refractivity contribution in [1.82, 2.24) is 9.55 Å². The molecule has 1 unspecified atom stereocenters. The van der Waals surface area contributed by atoms with Crippen LogP contribution in [0.1, 0.15) is 24.8 Å². The number of fused-ring (bicyclic) bond motifs is 1. The van der Waals surface area contributed by atoms with Crippen molar-refractivity contribution in [2.75, 3.05) is 11.6 Å². The summed E-state index contributed by atoms with van der Waals surface area (Å²) in [5, 5.41) is 4.60. The second-order valence-electron chi connectivity index (χ2n) is 5.85. The molecule has 0 aliphatic heterocycles. The first kappa shape index (κ1) is 20.2. The summed E-state index contributed by atoms with van der Waals surface area (Å²) in [6, 6.07) is 5.90. The van der Waals surface area contributed by atoms with Crippen molar-refractivity contribution in [2.24, 2.45) is 0 Å². The molecular weight excluding hydrogens is 425 g/mol. The topological polar surface area (TPSA) is 64.0 Å². The second kappa shape index (κ2) is 8.22. The van der Waals surface area contributed by atoms with Gasteiger partial charge >= 0.3 is 0 Å². The maximum absolute atomic E-state index is 13.0. The van der Waals surface area contributed by atoms with E-state index in [1.165, 1.54) is 27.7 Å². The molecule has 1 atom stereocenters. The van der Waals surface area contributed by atoms with Crippen LogP contribution in [0, 0.1) is 0 Å². The molecule has 1 N–H and O–H groups in total. The number of nitrogens with zero attached hydrogens (tertiary/aromatic N) is 2. The molecule has 142 valence electrons. The Kier molecular flexibility index (Phi) is 6.15. The maximum atomic E-state index is 13.0. The number of hydrogen-bond acceptors (Lipinski definition) is 5. The Balaban J connectivity index is 2.02. The van der Waals surface area contributed by atoms with Crippen LogP contribution in [0.2, 0.25) is 10.0 Å². The molecule has 0 saturated carbocycles. The number of thiophene rings is 1. The van der Waals surface area contributed by atoms with E-state index in [2.05, 4.69) is 10.3 Å². The van der Waals surface area contributed by atoms with Crippen molar-refractivity contribution in [3.8, 4) is 0 Å². The second-order valence-corrected chi connectivity index (χ2v) is 8.58. The number of rotatable bonds is 5. The summed E-state index contributed by atoms with van der Waals surface area (Å²) < 4.78 is 1.42. The Morgan fingerprint density at radius 3 is 2.78 bits per heavy atom. The predicted molar refractivity (Wildman–Crippen MR) is 115 cm³/mol. The molecule has 0 spiro atoms. The molecule has 1 aromatic carbocycles. The van der Waals surface area contributed by atoms with Gasteiger partial charge < -0.3 is 5.32 Å². The number of anilines is 1. The molecule has 0 radical (unpaired) electrons. The predicted octanol–water partition coefficient (Wildman–Crippen LogP) is 5.25. The smallest absolute Gasteiger partial charge is 0.263 e. The third-order valence-corrected chi connectivity index (χ3v) is 6.49. The van der Waals surface area contributed by atoms with Crippen LogP contribution in [0.4, 0.5) is 5.69 Å². The van der Waals surface area contributed by atoms with Crippen LogP contribution in [-0.2, 0) is 11.2 Å². The lowest BCUT2D eigenvalue weighted by Crippen LogP contribution is -2.33. The Morgan fingerprint density at radius 1 is 1.37 bits per heavy atom. The first-order valence-electron chi connectivity index (χ1n) is 8.20. The van der Waals surface area contributed by atoms with Gasteiger partial charge in [-0.1, -0.05) is 41.9 Å². The molecule has 0 bridgehead atoms. The lowest BCUT2D eigenvalue weighted by molar-refractivity contribution is -0.119. The van der Waals surface area contributed by atoms with Crippen LogP contribution in [0.3, 0.4) is 0 Å². The van der Waals surface area contributed by atoms with Crippen LogP contribution in [0.15, 0.2) is 34.2 Å². The Hall–Kier alpha value is -1.54. The van der Waals surface area contributed by atoms with Crippen LogP contribution < -0.4 is 10.9 Å². The largest absolute Gasteiger partial charge is 0.323 e. The van der Waals surface area contributed by atoms with E-state index in [1.807, 2.05) is 19.2 Å². The van der Waals surface area contributed by atoms with Crippen LogP contribution in [0.25, 0.3) is 10.2 Å². The monoisotopic (exact) mass is 441 g/mol. The summed E-state index contributed by atoms with van der Waals surface area (Å²) in [6.45, 7) is 3.69. The van der Waals surface area contributed by atoms with Gasteiger partial charge in [-0.15, -0.1) is 11.3 Å². The van der Waals surface area contributed by atoms with Crippen molar-refractivity contribution in [1.29, 1.82) is 0 Å². The van der Waals surface area contributed by atoms with Gasteiger partial charge in [-0.25, -0.2) is 4.98 Å². The number of aryl methyl sites for hydroxylation is 1. The number of aromatic nitrogens is 2. The van der Waals surface area contributed by atoms with E-state index in [9.17, 15) is 9.59 Å². The zero-order chi connectivity index (χ0) is 19.7. The zero-order valence-corrected chi connectivity index (χ0v) is 18.0. The normalized spacial score (nSPS) is 12.3. The minimum absolute atomic E-state index is 0.222. The molecular formula is C18H17Cl2N3O2S2. The highest BCUT2D eigenvalue weighted by atomic mass is 35.5. The van der Waals surface area contributed by atoms with Gasteiger partial charge in [-0.2, -0.15) is 0 Å². The van der Waals surface area contributed by atoms with E-state index < -0.39 is 6.04 Å². The molecule has 0 saturated heterocycles. The highest BCUT2D eigenvalue weighted by Gasteiger charge is 2.23. The van der Waals surface area contributed by atoms with Crippen molar-refractivity contribution in [3.05, 3.63) is 49.5 Å². The maximum Gasteiger partial charge on any atom is 0.263 e. The average molecular weight is 442 g/mol. The van der Waals surface area contributed by atoms with E-state index >= 15 is 0 Å². The molecule has 0 aliphatic carbocycles. The summed E-state index contributed by atoms with van der Waals surface area (Å²) in [5.74, 6) is -0.372. The first-order chi connectivity index (χ1) is 12.8. The van der Waals surface area contributed by atoms with Gasteiger partial charge in [-0.3, -0.25) is 14.2 Å². The van der Waals surface area contributed by atoms with Crippen molar-refractivity contribution >= 4 is 68.1 Å². The fourth-order valence-electron chi connectivity index (χ4n) is 2.63. The summed E-state index contributed by atoms with van der Waals surface area (Å²) in [4.78, 5) is 32.2. The fraction of sp³-hybridized carbons (Fsp3) is 0.278. The number of carbonyl (C=O) groups is 1. The molecule has 5 nitrogen and oxygen atoms in total. The van der Waals surface area contributed by atoms with Gasteiger partial charge in [0.1, 0.15) is 10.9 Å². The highest BCUT2D eigenvalue weighted by Crippen LogP contribution is 2.28. The van der Waals surface area contributed by atoms with Gasteiger partial charge in [-0.05, 0) is 43.9 Å². The molecule has 0 fully saturated rings. The van der Waals surface area contributed by atoms with Crippen LogP contribution in [0.5, 0.6) is 0 Å². The van der Waals surface area contributed by atoms with Crippen molar-refractivity contribution < 1.29 is 4.79 Å². The molecule has 3 aromatic rings. The lowest BCUT2D eigenvalue weighted by atomic mass is 10.2. The lowest BCUT2D eigenvalue weighted by Gasteiger charge is -2.18. The van der Waals surface area contributed by atoms with E-state index in [1.54, 1.807) is 25.1 Å². The zero-order valence-electron chi connectivity index (χ0n) is 14.9. The summed E-state index contributed by atoms with van der Waals surface area (Å²) in [7, 11) is 0. The SMILES string of the molecule is CCc1cc2c(=O)n(C(C)C(=O)Nc3cc(Cl)ccc3Cl)c(SC)nc2s1. The number of amides is 1. The fourth-order valence-corrected chi connectivity index (χ4v) is 4.61. The minimum atomic E-state index is -0.767. The summed E-state index contributed by atoms with van der Waals surface area (Å²) in [5.41, 5.74) is 0.178. The Morgan fingerprint density at radius 2 is 2.11 bits per heavy atom. The van der Waals surface area contributed by atoms with Crippen LogP contribution >= 0.6 is 46.3 Å². The standard InChI is InChI=1S/C18H17Cl2N3O2S2/c1-4-11-8-12-16(27-11)22-18(26-3)23(17(12)25)9(2)15(24)21-14-7-10(19)5-6-13(14)20/h5-9H,4H2,1-3H3,(H,21,24). The number of halogens is 2. The number of nitrogens with one attached hydrogen (secondary N) is 1. The number of hydrogen-bond donors (Lipinski definition) is 1. The molecule has 9 heteroatoms. The quantitative estimate of drug-likeness (QED) is 0.433. The van der Waals surface area contributed by atoms with Gasteiger partial charge in [0.15, 0.2) is 5.16 Å². The van der Waals surface area contributed by atoms with E-state index in [4.69, 9.17) is 23.2 Å². The number of thioether (sulfide) groups is 1. The Labute approximate surface area is 174 Å². The third-order valence-electron chi connectivity index (χ3n) is 4.10. The molecule has 0 aliphatic rings.